The Bertz CT molecular complexity index is 2330. The van der Waals surface area contributed by atoms with Gasteiger partial charge < -0.3 is 27.3 Å². The summed E-state index contributed by atoms with van der Waals surface area (Å²) in [5.41, 5.74) is 18.2. The molecule has 0 aliphatic heterocycles. The maximum atomic E-state index is 13.1. The summed E-state index contributed by atoms with van der Waals surface area (Å²) in [5.74, 6) is -1.19. The van der Waals surface area contributed by atoms with Gasteiger partial charge in [0, 0.05) is 0 Å². The minimum absolute atomic E-state index is 0.0238. The normalized spacial score (nSPS) is 14.7. The van der Waals surface area contributed by atoms with E-state index in [1.165, 1.54) is 84.9 Å². The number of carbonyl (C=O) groups is 2. The molecule has 4 aromatic carbocycles. The first-order valence-corrected chi connectivity index (χ1v) is 23.2. The van der Waals surface area contributed by atoms with E-state index in [4.69, 9.17) is 21.9 Å². The van der Waals surface area contributed by atoms with Crippen LogP contribution in [0.2, 0.25) is 0 Å². The molecule has 1 amide bonds. The SMILES string of the molecule is NCCCCC(N)C(=O)NC(CCCCN)C(=O)OCc1ccc(C(c2ccc(C(c3ccc(C(c4ccccc4)S(=O)(=O)O)cc3)S(=O)(=O)O)cc2)S(=O)(=O)O)cc1. The standard InChI is InChI=1S/C40H50N4O12S3/c41-24-6-4-10-34(43)39(45)44-35(11-5-7-25-42)40(46)56-26-27-12-14-29(15-13-27)37(58(50,51)52)31-20-22-33(23-21-31)38(59(53,54)55)32-18-16-30(17-19-32)36(57(47,48)49)28-8-2-1-3-9-28/h1-3,8-9,12-23,34-38H,4-7,10-11,24-26,41-43H2,(H,44,45)(H,47,48,49)(H,50,51,52)(H,53,54,55). The van der Waals surface area contributed by atoms with Gasteiger partial charge in [-0.3, -0.25) is 18.5 Å². The van der Waals surface area contributed by atoms with Crippen molar-refractivity contribution in [2.45, 2.75) is 73.0 Å². The van der Waals surface area contributed by atoms with Crippen molar-refractivity contribution in [1.29, 1.82) is 0 Å². The second-order valence-corrected chi connectivity index (χ2v) is 18.5. The molecule has 0 spiro atoms. The summed E-state index contributed by atoms with van der Waals surface area (Å²) in [6, 6.07) is 22.2. The number of ether oxygens (including phenoxy) is 1. The van der Waals surface area contributed by atoms with Crippen molar-refractivity contribution < 1.29 is 53.2 Å². The third kappa shape index (κ3) is 13.5. The van der Waals surface area contributed by atoms with Crippen LogP contribution < -0.4 is 22.5 Å². The highest BCUT2D eigenvalue weighted by molar-refractivity contribution is 7.86. The zero-order valence-electron chi connectivity index (χ0n) is 32.0. The van der Waals surface area contributed by atoms with Crippen molar-refractivity contribution >= 4 is 42.2 Å². The minimum Gasteiger partial charge on any atom is -0.459 e. The van der Waals surface area contributed by atoms with E-state index in [0.717, 1.165) is 0 Å². The fourth-order valence-electron chi connectivity index (χ4n) is 6.63. The molecule has 4 aromatic rings. The van der Waals surface area contributed by atoms with Crippen LogP contribution in [0.25, 0.3) is 0 Å². The molecule has 0 aliphatic rings. The molecule has 59 heavy (non-hydrogen) atoms. The van der Waals surface area contributed by atoms with Crippen molar-refractivity contribution in [3.63, 3.8) is 0 Å². The second-order valence-electron chi connectivity index (χ2n) is 14.0. The number of benzene rings is 4. The summed E-state index contributed by atoms with van der Waals surface area (Å²) < 4.78 is 112. The van der Waals surface area contributed by atoms with Crippen molar-refractivity contribution in [2.75, 3.05) is 13.1 Å². The van der Waals surface area contributed by atoms with E-state index >= 15 is 0 Å². The Balaban J connectivity index is 1.52. The molecule has 0 saturated heterocycles. The average molecular weight is 875 g/mol. The number of carbonyl (C=O) groups excluding carboxylic acids is 2. The second kappa shape index (κ2) is 21.1. The van der Waals surface area contributed by atoms with Gasteiger partial charge in [-0.2, -0.15) is 25.3 Å². The van der Waals surface area contributed by atoms with E-state index in [0.29, 0.717) is 50.8 Å². The quantitative estimate of drug-likeness (QED) is 0.0336. The third-order valence-electron chi connectivity index (χ3n) is 9.60. The summed E-state index contributed by atoms with van der Waals surface area (Å²) in [4.78, 5) is 25.7. The smallest absolute Gasteiger partial charge is 0.328 e. The van der Waals surface area contributed by atoms with E-state index in [1.54, 1.807) is 18.2 Å². The fraction of sp³-hybridized carbons (Fsp3) is 0.350. The maximum Gasteiger partial charge on any atom is 0.328 e. The lowest BCUT2D eigenvalue weighted by atomic mass is 9.97. The Kier molecular flexibility index (Phi) is 16.8. The summed E-state index contributed by atoms with van der Waals surface area (Å²) in [7, 11) is -14.3. The van der Waals surface area contributed by atoms with Crippen LogP contribution in [0.5, 0.6) is 0 Å². The topological polar surface area (TPSA) is 297 Å². The molecule has 0 radical (unpaired) electrons. The molecule has 0 aromatic heterocycles. The number of unbranched alkanes of at least 4 members (excludes halogenated alkanes) is 2. The molecule has 0 fully saturated rings. The highest BCUT2D eigenvalue weighted by Gasteiger charge is 2.32. The van der Waals surface area contributed by atoms with Crippen molar-refractivity contribution in [1.82, 2.24) is 5.32 Å². The van der Waals surface area contributed by atoms with E-state index in [1.807, 2.05) is 0 Å². The molecule has 4 rings (SSSR count). The fourth-order valence-corrected chi connectivity index (χ4v) is 9.64. The van der Waals surface area contributed by atoms with Crippen LogP contribution in [-0.4, -0.2) is 76.0 Å². The van der Waals surface area contributed by atoms with Gasteiger partial charge in [0.1, 0.15) is 28.4 Å². The van der Waals surface area contributed by atoms with Crippen molar-refractivity contribution in [3.05, 3.63) is 142 Å². The molecule has 320 valence electrons. The van der Waals surface area contributed by atoms with Gasteiger partial charge in [-0.05, 0) is 84.1 Å². The van der Waals surface area contributed by atoms with E-state index in [-0.39, 0.29) is 46.4 Å². The van der Waals surface area contributed by atoms with E-state index in [9.17, 15) is 48.5 Å². The zero-order chi connectivity index (χ0) is 43.4. The average Bonchev–Trinajstić information content (AvgIpc) is 3.17. The molecular formula is C40H50N4O12S3. The van der Waals surface area contributed by atoms with Crippen LogP contribution in [0.15, 0.2) is 103 Å². The van der Waals surface area contributed by atoms with Gasteiger partial charge in [0.25, 0.3) is 30.4 Å². The number of nitrogens with two attached hydrogens (primary N) is 3. The van der Waals surface area contributed by atoms with Crippen LogP contribution in [0, 0.1) is 0 Å². The minimum atomic E-state index is -4.85. The molecule has 0 aliphatic carbocycles. The van der Waals surface area contributed by atoms with Gasteiger partial charge in [-0.25, -0.2) is 4.79 Å². The predicted octanol–water partition coefficient (Wildman–Crippen LogP) is 3.73. The first kappa shape index (κ1) is 47.1. The van der Waals surface area contributed by atoms with Gasteiger partial charge in [-0.15, -0.1) is 0 Å². The Morgan fingerprint density at radius 2 is 0.898 bits per heavy atom. The van der Waals surface area contributed by atoms with Crippen LogP contribution in [0.1, 0.15) is 93.2 Å². The number of rotatable bonds is 22. The number of esters is 1. The Morgan fingerprint density at radius 3 is 1.27 bits per heavy atom. The molecule has 19 heteroatoms. The highest BCUT2D eigenvalue weighted by atomic mass is 32.2. The molecule has 0 bridgehead atoms. The molecule has 5 unspecified atom stereocenters. The molecule has 10 N–H and O–H groups in total. The lowest BCUT2D eigenvalue weighted by molar-refractivity contribution is -0.149. The molecule has 5 atom stereocenters. The van der Waals surface area contributed by atoms with Gasteiger partial charge in [-0.1, -0.05) is 110 Å². The summed E-state index contributed by atoms with van der Waals surface area (Å²) >= 11 is 0. The number of amides is 1. The van der Waals surface area contributed by atoms with E-state index in [2.05, 4.69) is 5.32 Å². The largest absolute Gasteiger partial charge is 0.459 e. The monoisotopic (exact) mass is 874 g/mol. The van der Waals surface area contributed by atoms with Gasteiger partial charge >= 0.3 is 5.97 Å². The molecular weight excluding hydrogens is 825 g/mol. The van der Waals surface area contributed by atoms with Crippen LogP contribution in [0.3, 0.4) is 0 Å². The molecule has 16 nitrogen and oxygen atoms in total. The number of nitrogens with one attached hydrogen (secondary N) is 1. The lowest BCUT2D eigenvalue weighted by Gasteiger charge is -2.20. The number of hydrogen-bond acceptors (Lipinski definition) is 12. The summed E-state index contributed by atoms with van der Waals surface area (Å²) in [6.45, 7) is 0.639. The van der Waals surface area contributed by atoms with Gasteiger partial charge in [0.2, 0.25) is 5.91 Å². The summed E-state index contributed by atoms with van der Waals surface area (Å²) in [6.07, 6.45) is 3.19. The van der Waals surface area contributed by atoms with Gasteiger partial charge in [0.05, 0.1) is 6.04 Å². The Hall–Kier alpha value is -4.57. The molecule has 0 heterocycles. The summed E-state index contributed by atoms with van der Waals surface area (Å²) in [5, 5.41) is -2.10. The van der Waals surface area contributed by atoms with Crippen LogP contribution >= 0.6 is 0 Å². The van der Waals surface area contributed by atoms with Gasteiger partial charge in [0.15, 0.2) is 0 Å². The van der Waals surface area contributed by atoms with Crippen LogP contribution in [0.4, 0.5) is 0 Å². The lowest BCUT2D eigenvalue weighted by Crippen LogP contribution is -2.49. The van der Waals surface area contributed by atoms with E-state index < -0.39 is 70.1 Å². The number of hydrogen-bond donors (Lipinski definition) is 7. The van der Waals surface area contributed by atoms with Crippen LogP contribution in [-0.2, 0) is 51.3 Å². The Labute approximate surface area is 344 Å². The first-order chi connectivity index (χ1) is 27.8. The molecule has 0 saturated carbocycles. The zero-order valence-corrected chi connectivity index (χ0v) is 34.5. The predicted molar refractivity (Wildman–Crippen MR) is 221 cm³/mol. The maximum absolute atomic E-state index is 13.1. The third-order valence-corrected chi connectivity index (χ3v) is 13.0. The first-order valence-electron chi connectivity index (χ1n) is 18.7. The van der Waals surface area contributed by atoms with Crippen molar-refractivity contribution in [2.24, 2.45) is 17.2 Å². The highest BCUT2D eigenvalue weighted by Crippen LogP contribution is 2.36. The van der Waals surface area contributed by atoms with Crippen molar-refractivity contribution in [3.8, 4) is 0 Å². The Morgan fingerprint density at radius 1 is 0.542 bits per heavy atom.